The van der Waals surface area contributed by atoms with Gasteiger partial charge in [-0.15, -0.1) is 35.4 Å². The van der Waals surface area contributed by atoms with Crippen molar-refractivity contribution in [1.29, 1.82) is 0 Å². The predicted octanol–water partition coefficient (Wildman–Crippen LogP) is 4.76. The Morgan fingerprint density at radius 2 is 0.857 bits per heavy atom. The van der Waals surface area contributed by atoms with Gasteiger partial charge in [0.2, 0.25) is 0 Å². The van der Waals surface area contributed by atoms with Gasteiger partial charge in [0.25, 0.3) is 0 Å². The molecule has 0 fully saturated rings. The van der Waals surface area contributed by atoms with Gasteiger partial charge in [0, 0.05) is 0 Å². The van der Waals surface area contributed by atoms with Crippen molar-refractivity contribution < 1.29 is 21.1 Å². The quantitative estimate of drug-likeness (QED) is 0.397. The summed E-state index contributed by atoms with van der Waals surface area (Å²) in [6.07, 6.45) is 13.5. The smallest absolute Gasteiger partial charge is 0.366 e. The van der Waals surface area contributed by atoms with Crippen LogP contribution in [0, 0.1) is 53.4 Å². The summed E-state index contributed by atoms with van der Waals surface area (Å²) in [6.45, 7) is 4.04. The molecule has 0 aromatic heterocycles. The summed E-state index contributed by atoms with van der Waals surface area (Å²) in [7, 11) is 0. The van der Waals surface area contributed by atoms with Crippen LogP contribution in [0.4, 0.5) is 0 Å². The second-order valence-corrected chi connectivity index (χ2v) is 3.98. The molecule has 0 aliphatic heterocycles. The molecule has 0 N–H and O–H groups in total. The number of hydrogen-bond acceptors (Lipinski definition) is 0. The van der Waals surface area contributed by atoms with Gasteiger partial charge in [-0.3, -0.25) is 11.8 Å². The third kappa shape index (κ3) is 9.73. The van der Waals surface area contributed by atoms with Crippen molar-refractivity contribution in [2.75, 3.05) is 0 Å². The minimum absolute atomic E-state index is 0. The Kier molecular flexibility index (Phi) is 15.3. The van der Waals surface area contributed by atoms with E-state index in [1.54, 1.807) is 0 Å². The first-order valence-electron chi connectivity index (χ1n) is 5.64. The zero-order valence-electron chi connectivity index (χ0n) is 12.9. The van der Waals surface area contributed by atoms with Crippen molar-refractivity contribution >= 4 is 0 Å². The topological polar surface area (TPSA) is 0 Å². The second kappa shape index (κ2) is 13.2. The van der Waals surface area contributed by atoms with E-state index < -0.39 is 0 Å². The molecule has 0 bridgehead atoms. The van der Waals surface area contributed by atoms with E-state index in [4.69, 9.17) is 12.8 Å². The molecular weight excluding hydrogens is 435 g/mol. The van der Waals surface area contributed by atoms with Crippen molar-refractivity contribution in [3.05, 3.63) is 98.5 Å². The van der Waals surface area contributed by atoms with E-state index in [9.17, 15) is 0 Å². The van der Waals surface area contributed by atoms with Crippen LogP contribution in [0.2, 0.25) is 0 Å². The van der Waals surface area contributed by atoms with E-state index in [1.807, 2.05) is 62.4 Å². The molecular formula is C20H20Pt. The van der Waals surface area contributed by atoms with Crippen molar-refractivity contribution in [2.45, 2.75) is 13.8 Å². The second-order valence-electron chi connectivity index (χ2n) is 3.98. The Morgan fingerprint density at radius 1 is 0.619 bits per heavy atom. The number of aryl methyl sites for hydroxylation is 2. The predicted molar refractivity (Wildman–Crippen MR) is 87.7 cm³/mol. The molecule has 1 heteroatoms. The molecule has 2 rings (SSSR count). The molecule has 0 amide bonds. The fourth-order valence-corrected chi connectivity index (χ4v) is 1.27. The molecule has 0 saturated heterocycles. The monoisotopic (exact) mass is 455 g/mol. The summed E-state index contributed by atoms with van der Waals surface area (Å²) in [5, 5.41) is 0. The Labute approximate surface area is 145 Å². The van der Waals surface area contributed by atoms with Gasteiger partial charge in [0.05, 0.1) is 0 Å². The summed E-state index contributed by atoms with van der Waals surface area (Å²) < 4.78 is 0. The standard InChI is InChI=1S/2C9H7.2CH3.Pt/c2*1-3-9-6-4-8(2)5-7-9;;;/h2*4-7H,2H3;2*1H3;/q4*-1;+4. The third-order valence-corrected chi connectivity index (χ3v) is 2.39. The van der Waals surface area contributed by atoms with Crippen LogP contribution in [-0.2, 0) is 21.1 Å². The van der Waals surface area contributed by atoms with Crippen molar-refractivity contribution in [3.63, 3.8) is 0 Å². The SMILES string of the molecule is [C-]#Cc1ccc(C)cc1.[C-]#Cc1ccc(C)cc1.[CH3-].[CH3-].[Pt+4]. The minimum atomic E-state index is 0. The van der Waals surface area contributed by atoms with Crippen LogP contribution in [-0.4, -0.2) is 0 Å². The summed E-state index contributed by atoms with van der Waals surface area (Å²) >= 11 is 0. The van der Waals surface area contributed by atoms with Gasteiger partial charge in [-0.25, -0.2) is 0 Å². The zero-order valence-corrected chi connectivity index (χ0v) is 15.2. The minimum Gasteiger partial charge on any atom is -0.366 e. The summed E-state index contributed by atoms with van der Waals surface area (Å²) in [4.78, 5) is 0. The first-order valence-corrected chi connectivity index (χ1v) is 5.64. The molecule has 0 aliphatic carbocycles. The molecule has 21 heavy (non-hydrogen) atoms. The fraction of sp³-hybridized carbons (Fsp3) is 0.100. The molecule has 0 nitrogen and oxygen atoms in total. The number of hydrogen-bond donors (Lipinski definition) is 0. The molecule has 110 valence electrons. The van der Waals surface area contributed by atoms with Gasteiger partial charge in [-0.05, 0) is 13.8 Å². The van der Waals surface area contributed by atoms with E-state index >= 15 is 0 Å². The maximum atomic E-state index is 6.76. The first-order chi connectivity index (χ1) is 8.65. The van der Waals surface area contributed by atoms with E-state index in [2.05, 4.69) is 11.8 Å². The number of rotatable bonds is 0. The van der Waals surface area contributed by atoms with Crippen LogP contribution in [0.5, 0.6) is 0 Å². The number of benzene rings is 2. The third-order valence-electron chi connectivity index (χ3n) is 2.39. The van der Waals surface area contributed by atoms with Crippen LogP contribution in [0.3, 0.4) is 0 Å². The van der Waals surface area contributed by atoms with Gasteiger partial charge >= 0.3 is 21.1 Å². The molecule has 2 aromatic rings. The van der Waals surface area contributed by atoms with E-state index in [-0.39, 0.29) is 35.9 Å². The Balaban J connectivity index is -0.000000270. The maximum Gasteiger partial charge on any atom is 4.00 e. The van der Waals surface area contributed by atoms with Gasteiger partial charge in [-0.2, -0.15) is 0 Å². The maximum absolute atomic E-state index is 6.76. The van der Waals surface area contributed by atoms with Crippen molar-refractivity contribution in [3.8, 4) is 11.8 Å². The largest absolute Gasteiger partial charge is 4.00 e. The van der Waals surface area contributed by atoms with Gasteiger partial charge < -0.3 is 27.7 Å². The molecule has 0 radical (unpaired) electrons. The van der Waals surface area contributed by atoms with Crippen LogP contribution >= 0.6 is 0 Å². The molecule has 0 saturated carbocycles. The van der Waals surface area contributed by atoms with Crippen LogP contribution in [0.15, 0.2) is 48.5 Å². The average Bonchev–Trinajstić information content (AvgIpc) is 2.41. The Morgan fingerprint density at radius 3 is 1.05 bits per heavy atom. The molecule has 0 aliphatic rings. The molecule has 0 unspecified atom stereocenters. The van der Waals surface area contributed by atoms with Crippen molar-refractivity contribution in [2.24, 2.45) is 0 Å². The van der Waals surface area contributed by atoms with Crippen molar-refractivity contribution in [1.82, 2.24) is 0 Å². The fourth-order valence-electron chi connectivity index (χ4n) is 1.27. The summed E-state index contributed by atoms with van der Waals surface area (Å²) in [5.74, 6) is 4.61. The normalized spacial score (nSPS) is 7.24. The van der Waals surface area contributed by atoms with Gasteiger partial charge in [0.1, 0.15) is 0 Å². The molecule has 0 heterocycles. The zero-order chi connectivity index (χ0) is 13.4. The van der Waals surface area contributed by atoms with Crippen LogP contribution < -0.4 is 0 Å². The van der Waals surface area contributed by atoms with E-state index in [0.29, 0.717) is 0 Å². The Bertz CT molecular complexity index is 508. The van der Waals surface area contributed by atoms with Crippen LogP contribution in [0.1, 0.15) is 22.3 Å². The van der Waals surface area contributed by atoms with E-state index in [1.165, 1.54) is 11.1 Å². The summed E-state index contributed by atoms with van der Waals surface area (Å²) in [5.41, 5.74) is 4.10. The summed E-state index contributed by atoms with van der Waals surface area (Å²) in [6, 6.07) is 15.4. The van der Waals surface area contributed by atoms with Gasteiger partial charge in [0.15, 0.2) is 0 Å². The average molecular weight is 455 g/mol. The Hall–Kier alpha value is -1.75. The molecule has 0 atom stereocenters. The molecule has 2 aromatic carbocycles. The van der Waals surface area contributed by atoms with Gasteiger partial charge in [-0.1, -0.05) is 35.4 Å². The van der Waals surface area contributed by atoms with Crippen LogP contribution in [0.25, 0.3) is 0 Å². The first kappa shape index (κ1) is 24.3. The molecule has 0 spiro atoms. The van der Waals surface area contributed by atoms with E-state index in [0.717, 1.165) is 11.1 Å².